The number of fused-ring (bicyclic) bond motifs is 1. The average Bonchev–Trinajstić information content (AvgIpc) is 2.95. The van der Waals surface area contributed by atoms with Crippen molar-refractivity contribution in [2.75, 3.05) is 58.0 Å². The first-order valence-corrected chi connectivity index (χ1v) is 14.3. The number of rotatable bonds is 13. The van der Waals surface area contributed by atoms with Crippen molar-refractivity contribution in [3.63, 3.8) is 0 Å². The fourth-order valence-corrected chi connectivity index (χ4v) is 5.79. The molecule has 0 amide bonds. The second kappa shape index (κ2) is 14.3. The lowest BCUT2D eigenvalue weighted by molar-refractivity contribution is -0.121. The van der Waals surface area contributed by atoms with Gasteiger partial charge in [0.1, 0.15) is 17.1 Å². The van der Waals surface area contributed by atoms with E-state index in [1.807, 2.05) is 0 Å². The summed E-state index contributed by atoms with van der Waals surface area (Å²) < 4.78 is 48.7. The number of methoxy groups -OCH3 is 1. The number of hydrogen-bond donors (Lipinski definition) is 2. The molecule has 3 heterocycles. The lowest BCUT2D eigenvalue weighted by atomic mass is 9.85. The number of pyridine rings is 1. The first-order valence-electron chi connectivity index (χ1n) is 14.3. The molecule has 0 saturated carbocycles. The van der Waals surface area contributed by atoms with Crippen molar-refractivity contribution in [2.24, 2.45) is 11.8 Å². The zero-order valence-electron chi connectivity index (χ0n) is 23.4. The molecule has 40 heavy (non-hydrogen) atoms. The second-order valence-electron chi connectivity index (χ2n) is 10.8. The Labute approximate surface area is 233 Å². The van der Waals surface area contributed by atoms with Gasteiger partial charge < -0.3 is 34.1 Å². The smallest absolute Gasteiger partial charge is 0.341 e. The molecular weight excluding hydrogens is 524 g/mol. The van der Waals surface area contributed by atoms with Crippen molar-refractivity contribution < 1.29 is 32.9 Å². The number of nitrogens with zero attached hydrogens (tertiary/aromatic N) is 2. The van der Waals surface area contributed by atoms with E-state index in [9.17, 15) is 14.7 Å². The number of hydrogen-bond acceptors (Lipinski definition) is 7. The van der Waals surface area contributed by atoms with Crippen molar-refractivity contribution in [1.82, 2.24) is 9.88 Å². The molecule has 1 atom stereocenters. The summed E-state index contributed by atoms with van der Waals surface area (Å²) in [6.07, 6.45) is 7.18. The van der Waals surface area contributed by atoms with Crippen molar-refractivity contribution in [2.45, 2.75) is 58.3 Å². The molecule has 2 aliphatic heterocycles. The zero-order valence-corrected chi connectivity index (χ0v) is 23.4. The van der Waals surface area contributed by atoms with Gasteiger partial charge in [-0.15, -0.1) is 0 Å². The first kappa shape index (κ1) is 30.4. The van der Waals surface area contributed by atoms with E-state index in [4.69, 9.17) is 14.2 Å². The van der Waals surface area contributed by atoms with Gasteiger partial charge in [-0.25, -0.2) is 13.6 Å². The third-order valence-corrected chi connectivity index (χ3v) is 8.22. The highest BCUT2D eigenvalue weighted by Crippen LogP contribution is 2.34. The Morgan fingerprint density at radius 1 is 1.10 bits per heavy atom. The Balaban J connectivity index is 1.49. The molecule has 9 nitrogen and oxygen atoms in total. The zero-order chi connectivity index (χ0) is 28.6. The van der Waals surface area contributed by atoms with Crippen LogP contribution < -0.4 is 15.6 Å². The van der Waals surface area contributed by atoms with E-state index in [1.165, 1.54) is 30.9 Å². The van der Waals surface area contributed by atoms with Gasteiger partial charge in [0, 0.05) is 32.9 Å². The van der Waals surface area contributed by atoms with Gasteiger partial charge in [0.2, 0.25) is 5.43 Å². The number of aromatic nitrogens is 1. The van der Waals surface area contributed by atoms with Crippen LogP contribution in [-0.2, 0) is 20.8 Å². The van der Waals surface area contributed by atoms with Crippen LogP contribution in [-0.4, -0.2) is 75.0 Å². The number of carboxylic acid groups (broad SMARTS) is 1. The van der Waals surface area contributed by atoms with Gasteiger partial charge >= 0.3 is 5.97 Å². The van der Waals surface area contributed by atoms with E-state index >= 15 is 8.78 Å². The number of benzene rings is 1. The van der Waals surface area contributed by atoms with E-state index in [1.54, 1.807) is 11.8 Å². The highest BCUT2D eigenvalue weighted by molar-refractivity contribution is 5.93. The number of carbonyl (C=O) groups is 1. The second-order valence-corrected chi connectivity index (χ2v) is 10.8. The maximum absolute atomic E-state index is 16.1. The van der Waals surface area contributed by atoms with Gasteiger partial charge in [-0.3, -0.25) is 4.79 Å². The molecule has 1 aromatic carbocycles. The van der Waals surface area contributed by atoms with Crippen LogP contribution in [0.15, 0.2) is 17.1 Å². The van der Waals surface area contributed by atoms with Crippen molar-refractivity contribution >= 4 is 22.6 Å². The van der Waals surface area contributed by atoms with Crippen molar-refractivity contribution in [3.05, 3.63) is 39.7 Å². The summed E-state index contributed by atoms with van der Waals surface area (Å²) in [5, 5.41) is 12.6. The quantitative estimate of drug-likeness (QED) is 0.278. The minimum absolute atomic E-state index is 0.0671. The van der Waals surface area contributed by atoms with Crippen LogP contribution in [0.3, 0.4) is 0 Å². The standard InChI is InChI=1S/C29H41F2N3O6/c1-19(38-2)40-16-15-39-14-13-34-18-23(29(36)37)28(35)22-17-24(30)27(25(31)26(22)34)33-11-7-21(8-12-33)4-3-20-5-9-32-10-6-20/h17-21,32H,3-16H2,1-2H3,(H,36,37). The summed E-state index contributed by atoms with van der Waals surface area (Å²) in [5.41, 5.74) is -1.75. The molecule has 222 valence electrons. The Morgan fingerprint density at radius 3 is 2.42 bits per heavy atom. The predicted molar refractivity (Wildman–Crippen MR) is 148 cm³/mol. The molecule has 0 aliphatic carbocycles. The topological polar surface area (TPSA) is 102 Å². The van der Waals surface area contributed by atoms with Crippen molar-refractivity contribution in [3.8, 4) is 0 Å². The molecule has 1 aromatic heterocycles. The molecule has 2 aliphatic rings. The van der Waals surface area contributed by atoms with Crippen LogP contribution in [0.2, 0.25) is 0 Å². The fraction of sp³-hybridized carbons (Fsp3) is 0.655. The van der Waals surface area contributed by atoms with Gasteiger partial charge in [-0.1, -0.05) is 12.8 Å². The normalized spacial score (nSPS) is 17.9. The maximum atomic E-state index is 16.1. The minimum Gasteiger partial charge on any atom is -0.477 e. The van der Waals surface area contributed by atoms with E-state index in [2.05, 4.69) is 5.32 Å². The van der Waals surface area contributed by atoms with Crippen LogP contribution in [0.4, 0.5) is 14.5 Å². The molecule has 4 rings (SSSR count). The van der Waals surface area contributed by atoms with Gasteiger partial charge in [-0.2, -0.15) is 0 Å². The molecule has 0 spiro atoms. The fourth-order valence-electron chi connectivity index (χ4n) is 5.79. The van der Waals surface area contributed by atoms with Gasteiger partial charge in [0.05, 0.1) is 30.7 Å². The average molecular weight is 566 g/mol. The Kier molecular flexibility index (Phi) is 10.9. The van der Waals surface area contributed by atoms with Gasteiger partial charge in [0.25, 0.3) is 0 Å². The number of piperidine rings is 2. The lowest BCUT2D eigenvalue weighted by Gasteiger charge is -2.35. The molecule has 2 N–H and O–H groups in total. The largest absolute Gasteiger partial charge is 0.477 e. The Bertz CT molecular complexity index is 1210. The van der Waals surface area contributed by atoms with E-state index in [-0.39, 0.29) is 49.2 Å². The van der Waals surface area contributed by atoms with Crippen LogP contribution in [0.5, 0.6) is 0 Å². The number of aromatic carboxylic acids is 1. The van der Waals surface area contributed by atoms with E-state index in [0.717, 1.165) is 50.5 Å². The summed E-state index contributed by atoms with van der Waals surface area (Å²) in [7, 11) is 1.52. The van der Waals surface area contributed by atoms with Gasteiger partial charge in [-0.05, 0) is 63.6 Å². The number of nitrogens with one attached hydrogen (secondary N) is 1. The van der Waals surface area contributed by atoms with Crippen LogP contribution in [0.1, 0.15) is 55.8 Å². The molecule has 2 aromatic rings. The summed E-state index contributed by atoms with van der Waals surface area (Å²) in [4.78, 5) is 26.3. The highest BCUT2D eigenvalue weighted by atomic mass is 19.1. The molecular formula is C29H41F2N3O6. The first-order chi connectivity index (χ1) is 19.3. The number of anilines is 1. The highest BCUT2D eigenvalue weighted by Gasteiger charge is 2.28. The molecule has 0 radical (unpaired) electrons. The van der Waals surface area contributed by atoms with Crippen LogP contribution >= 0.6 is 0 Å². The Morgan fingerprint density at radius 2 is 1.77 bits per heavy atom. The van der Waals surface area contributed by atoms with Crippen LogP contribution in [0, 0.1) is 23.5 Å². The summed E-state index contributed by atoms with van der Waals surface area (Å²) in [5.74, 6) is -1.88. The maximum Gasteiger partial charge on any atom is 0.341 e. The Hall–Kier alpha value is -2.60. The summed E-state index contributed by atoms with van der Waals surface area (Å²) in [6.45, 7) is 5.65. The van der Waals surface area contributed by atoms with Crippen LogP contribution in [0.25, 0.3) is 10.9 Å². The van der Waals surface area contributed by atoms with Crippen molar-refractivity contribution in [1.29, 1.82) is 0 Å². The molecule has 2 saturated heterocycles. The monoisotopic (exact) mass is 565 g/mol. The number of halogens is 2. The van der Waals surface area contributed by atoms with E-state index < -0.39 is 28.6 Å². The third-order valence-electron chi connectivity index (χ3n) is 8.22. The SMILES string of the molecule is COC(C)OCCOCCn1cc(C(=O)O)c(=O)c2cc(F)c(N3CCC(CCC4CCNCC4)CC3)c(F)c21. The van der Waals surface area contributed by atoms with E-state index in [0.29, 0.717) is 19.0 Å². The molecule has 1 unspecified atom stereocenters. The number of ether oxygens (including phenoxy) is 3. The molecule has 11 heteroatoms. The predicted octanol–water partition coefficient (Wildman–Crippen LogP) is 4.00. The molecule has 2 fully saturated rings. The molecule has 0 bridgehead atoms. The minimum atomic E-state index is -1.46. The third kappa shape index (κ3) is 7.37. The number of carboxylic acids is 1. The summed E-state index contributed by atoms with van der Waals surface area (Å²) >= 11 is 0. The van der Waals surface area contributed by atoms with Gasteiger partial charge in [0.15, 0.2) is 12.1 Å². The lowest BCUT2D eigenvalue weighted by Crippen LogP contribution is -2.35. The summed E-state index contributed by atoms with van der Waals surface area (Å²) in [6, 6.07) is 0.975.